The molecule has 3 aliphatic carbocycles. The summed E-state index contributed by atoms with van der Waals surface area (Å²) in [6.45, 7) is 12.3. The predicted molar refractivity (Wildman–Crippen MR) is 183 cm³/mol. The standard InChI is InChI=1S/C35H43BN2O9S/c1-6-33(4)18-28(34(5)20(2)12-14-35(21(3)31(33)41)15-13-27(39)30(34)35)47-29(40)19-48-24-9-7-8-23(17-24)37-32(42)25-11-10-22(36(43)44)16-26(25)38(45)46/h6-11,16-17,20-21,28,30-31,41,43-44H,1,12-15,18-19H2,2-5H3,(H,37,42)/t20-,21+,28-,30+,31+,33-,34+,35+/m1/s1. The maximum absolute atomic E-state index is 13.6. The molecular weight excluding hydrogens is 635 g/mol. The van der Waals surface area contributed by atoms with Crippen LogP contribution in [0, 0.1) is 44.1 Å². The second-order valence-electron chi connectivity index (χ2n) is 14.2. The average molecular weight is 679 g/mol. The van der Waals surface area contributed by atoms with E-state index in [1.807, 2.05) is 6.92 Å². The van der Waals surface area contributed by atoms with Gasteiger partial charge in [0.1, 0.15) is 17.5 Å². The number of benzene rings is 2. The van der Waals surface area contributed by atoms with Crippen LogP contribution in [0.2, 0.25) is 0 Å². The number of nitro groups is 1. The van der Waals surface area contributed by atoms with Crippen molar-refractivity contribution in [1.29, 1.82) is 0 Å². The van der Waals surface area contributed by atoms with Gasteiger partial charge in [-0.3, -0.25) is 24.5 Å². The number of ketones is 1. The summed E-state index contributed by atoms with van der Waals surface area (Å²) in [6.07, 6.45) is 3.62. The highest BCUT2D eigenvalue weighted by atomic mass is 32.2. The Kier molecular flexibility index (Phi) is 10.0. The first-order valence-corrected chi connectivity index (χ1v) is 17.3. The second-order valence-corrected chi connectivity index (χ2v) is 15.3. The fraction of sp³-hybridized carbons (Fsp3) is 0.514. The molecule has 11 nitrogen and oxygen atoms in total. The molecule has 0 aromatic heterocycles. The lowest BCUT2D eigenvalue weighted by atomic mass is 9.44. The largest absolute Gasteiger partial charge is 0.488 e. The number of aliphatic hydroxyl groups is 1. The molecule has 0 aliphatic heterocycles. The third kappa shape index (κ3) is 6.21. The van der Waals surface area contributed by atoms with E-state index < -0.39 is 52.6 Å². The van der Waals surface area contributed by atoms with Gasteiger partial charge in [-0.1, -0.05) is 45.9 Å². The van der Waals surface area contributed by atoms with E-state index >= 15 is 0 Å². The fourth-order valence-corrected chi connectivity index (χ4v) is 9.49. The normalized spacial score (nSPS) is 32.7. The first kappa shape index (κ1) is 35.8. The summed E-state index contributed by atoms with van der Waals surface area (Å²) in [4.78, 5) is 51.6. The van der Waals surface area contributed by atoms with Crippen LogP contribution in [0.3, 0.4) is 0 Å². The number of nitrogens with zero attached hydrogens (tertiary/aromatic N) is 1. The van der Waals surface area contributed by atoms with Crippen LogP contribution in [0.4, 0.5) is 11.4 Å². The molecule has 0 unspecified atom stereocenters. The zero-order valence-electron chi connectivity index (χ0n) is 27.7. The van der Waals surface area contributed by atoms with Gasteiger partial charge in [-0.25, -0.2) is 0 Å². The van der Waals surface area contributed by atoms with E-state index in [4.69, 9.17) is 4.74 Å². The Balaban J connectivity index is 1.33. The van der Waals surface area contributed by atoms with E-state index in [1.165, 1.54) is 17.8 Å². The molecule has 3 saturated carbocycles. The molecule has 4 N–H and O–H groups in total. The number of ether oxygens (including phenoxy) is 1. The van der Waals surface area contributed by atoms with Gasteiger partial charge < -0.3 is 25.2 Å². The summed E-state index contributed by atoms with van der Waals surface area (Å²) in [6, 6.07) is 9.97. The van der Waals surface area contributed by atoms with Crippen LogP contribution in [0.1, 0.15) is 70.2 Å². The maximum Gasteiger partial charge on any atom is 0.488 e. The van der Waals surface area contributed by atoms with Crippen molar-refractivity contribution in [2.75, 3.05) is 11.1 Å². The minimum Gasteiger partial charge on any atom is -0.461 e. The molecule has 2 bridgehead atoms. The lowest BCUT2D eigenvalue weighted by molar-refractivity contribution is -0.385. The molecule has 0 spiro atoms. The molecule has 2 aromatic carbocycles. The van der Waals surface area contributed by atoms with E-state index in [-0.39, 0.29) is 45.7 Å². The van der Waals surface area contributed by atoms with Gasteiger partial charge in [-0.05, 0) is 72.7 Å². The van der Waals surface area contributed by atoms with Gasteiger partial charge in [0.05, 0.1) is 16.8 Å². The fourth-order valence-electron chi connectivity index (χ4n) is 8.75. The SMILES string of the molecule is C=C[C@]1(C)C[C@@H](OC(=O)CSc2cccc(NC(=O)c3ccc(B(O)O)cc3[N+](=O)[O-])c2)[C@]2(C)[C@H](C)CC[C@]3(CCC(=O)[C@H]32)[C@@H](C)[C@@H]1O. The van der Waals surface area contributed by atoms with Gasteiger partial charge in [0.25, 0.3) is 11.6 Å². The number of anilines is 1. The summed E-state index contributed by atoms with van der Waals surface area (Å²) in [5.74, 6) is -1.43. The van der Waals surface area contributed by atoms with Crippen LogP contribution in [0.5, 0.6) is 0 Å². The molecular formula is C35H43BN2O9S. The average Bonchev–Trinajstić information content (AvgIpc) is 3.41. The molecule has 1 amide bonds. The van der Waals surface area contributed by atoms with Crippen molar-refractivity contribution >= 4 is 53.4 Å². The molecule has 0 heterocycles. The number of esters is 1. The third-order valence-corrected chi connectivity index (χ3v) is 12.8. The Bertz CT molecular complexity index is 1640. The molecule has 256 valence electrons. The van der Waals surface area contributed by atoms with E-state index in [2.05, 4.69) is 32.7 Å². The highest BCUT2D eigenvalue weighted by Crippen LogP contribution is 2.68. The van der Waals surface area contributed by atoms with Crippen LogP contribution in [0.15, 0.2) is 60.0 Å². The highest BCUT2D eigenvalue weighted by Gasteiger charge is 2.68. The Morgan fingerprint density at radius 2 is 1.92 bits per heavy atom. The van der Waals surface area contributed by atoms with E-state index in [9.17, 15) is 39.7 Å². The van der Waals surface area contributed by atoms with Gasteiger partial charge in [-0.2, -0.15) is 0 Å². The Labute approximate surface area is 284 Å². The van der Waals surface area contributed by atoms with Crippen LogP contribution < -0.4 is 10.8 Å². The smallest absolute Gasteiger partial charge is 0.461 e. The quantitative estimate of drug-likeness (QED) is 0.0737. The number of thioether (sulfide) groups is 1. The third-order valence-electron chi connectivity index (χ3n) is 11.8. The summed E-state index contributed by atoms with van der Waals surface area (Å²) in [7, 11) is -1.93. The summed E-state index contributed by atoms with van der Waals surface area (Å²) >= 11 is 1.20. The second kappa shape index (κ2) is 13.4. The zero-order valence-corrected chi connectivity index (χ0v) is 28.5. The number of nitrogens with one attached hydrogen (secondary N) is 1. The zero-order chi connectivity index (χ0) is 35.2. The minimum atomic E-state index is -1.93. The van der Waals surface area contributed by atoms with Crippen molar-refractivity contribution in [1.82, 2.24) is 0 Å². The van der Waals surface area contributed by atoms with Crippen LogP contribution in [-0.2, 0) is 14.3 Å². The molecule has 5 rings (SSSR count). The van der Waals surface area contributed by atoms with Gasteiger partial charge in [0.15, 0.2) is 0 Å². The molecule has 3 aliphatic rings. The number of hydrogen-bond acceptors (Lipinski definition) is 10. The Morgan fingerprint density at radius 3 is 2.58 bits per heavy atom. The van der Waals surface area contributed by atoms with Crippen molar-refractivity contribution in [3.8, 4) is 0 Å². The highest BCUT2D eigenvalue weighted by molar-refractivity contribution is 8.00. The number of hydrogen-bond donors (Lipinski definition) is 4. The van der Waals surface area contributed by atoms with Crippen LogP contribution in [0.25, 0.3) is 0 Å². The lowest BCUT2D eigenvalue weighted by Gasteiger charge is -2.61. The monoisotopic (exact) mass is 678 g/mol. The van der Waals surface area contributed by atoms with Gasteiger partial charge in [0, 0.05) is 39.8 Å². The number of carbonyl (C=O) groups is 3. The van der Waals surface area contributed by atoms with Gasteiger partial charge >= 0.3 is 13.1 Å². The number of nitro benzene ring substituents is 1. The molecule has 2 aromatic rings. The molecule has 48 heavy (non-hydrogen) atoms. The van der Waals surface area contributed by atoms with Gasteiger partial charge in [0.2, 0.25) is 0 Å². The molecule has 8 atom stereocenters. The molecule has 0 radical (unpaired) electrons. The maximum atomic E-state index is 13.6. The summed E-state index contributed by atoms with van der Waals surface area (Å²) in [5, 5.41) is 44.6. The number of rotatable bonds is 9. The minimum absolute atomic E-state index is 0.0533. The number of carbonyl (C=O) groups excluding carboxylic acids is 3. The van der Waals surface area contributed by atoms with Crippen molar-refractivity contribution in [3.63, 3.8) is 0 Å². The Morgan fingerprint density at radius 1 is 1.19 bits per heavy atom. The molecule has 0 saturated heterocycles. The van der Waals surface area contributed by atoms with Crippen molar-refractivity contribution in [2.24, 2.45) is 34.0 Å². The van der Waals surface area contributed by atoms with E-state index in [1.54, 1.807) is 30.3 Å². The van der Waals surface area contributed by atoms with Crippen LogP contribution in [-0.4, -0.2) is 62.8 Å². The number of Topliss-reactive ketones (excluding diaryl/α,β-unsaturated/α-hetero) is 1. The van der Waals surface area contributed by atoms with E-state index in [0.29, 0.717) is 23.4 Å². The molecule has 3 fully saturated rings. The van der Waals surface area contributed by atoms with E-state index in [0.717, 1.165) is 31.4 Å². The predicted octanol–water partition coefficient (Wildman–Crippen LogP) is 4.53. The summed E-state index contributed by atoms with van der Waals surface area (Å²) in [5.41, 5.74) is -2.34. The van der Waals surface area contributed by atoms with Crippen molar-refractivity contribution < 1.29 is 39.2 Å². The first-order valence-electron chi connectivity index (χ1n) is 16.3. The van der Waals surface area contributed by atoms with Crippen molar-refractivity contribution in [3.05, 3.63) is 70.8 Å². The molecule has 13 heteroatoms. The van der Waals surface area contributed by atoms with Gasteiger partial charge in [-0.15, -0.1) is 18.3 Å². The number of amides is 1. The van der Waals surface area contributed by atoms with Crippen LogP contribution >= 0.6 is 11.8 Å². The van der Waals surface area contributed by atoms with Crippen molar-refractivity contribution in [2.45, 2.75) is 76.9 Å². The topological polar surface area (TPSA) is 176 Å². The summed E-state index contributed by atoms with van der Waals surface area (Å²) < 4.78 is 6.32. The lowest BCUT2D eigenvalue weighted by Crippen LogP contribution is -2.63. The number of aliphatic hydroxyl groups excluding tert-OH is 1. The Hall–Kier alpha value is -3.52. The first-order chi connectivity index (χ1) is 22.6.